The second kappa shape index (κ2) is 1.99. The fraction of sp³-hybridized carbons (Fsp3) is 1.00. The summed E-state index contributed by atoms with van der Waals surface area (Å²) in [5.41, 5.74) is 6.20. The Morgan fingerprint density at radius 1 is 1.75 bits per heavy atom. The quantitative estimate of drug-likeness (QED) is 0.637. The van der Waals surface area contributed by atoms with E-state index < -0.39 is 0 Å². The Balaban J connectivity index is 2.41. The predicted molar refractivity (Wildman–Crippen MR) is 39.1 cm³/mol. The molecule has 0 amide bonds. The second-order valence-electron chi connectivity index (χ2n) is 2.78. The van der Waals surface area contributed by atoms with Crippen molar-refractivity contribution >= 4 is 15.9 Å². The number of hydrogen-bond acceptors (Lipinski definition) is 1. The van der Waals surface area contributed by atoms with Crippen LogP contribution in [-0.4, -0.2) is 11.4 Å². The normalized spacial score (nSPS) is 27.4. The molecule has 1 atom stereocenters. The molecule has 1 rings (SSSR count). The van der Waals surface area contributed by atoms with E-state index in [2.05, 4.69) is 22.9 Å². The van der Waals surface area contributed by atoms with Crippen LogP contribution in [0.5, 0.6) is 0 Å². The maximum atomic E-state index is 5.71. The van der Waals surface area contributed by atoms with Gasteiger partial charge in [-0.1, -0.05) is 15.9 Å². The third kappa shape index (κ3) is 0.914. The molecule has 0 aliphatic heterocycles. The van der Waals surface area contributed by atoms with Crippen molar-refractivity contribution in [1.82, 2.24) is 0 Å². The van der Waals surface area contributed by atoms with Crippen molar-refractivity contribution in [1.29, 1.82) is 0 Å². The van der Waals surface area contributed by atoms with Crippen molar-refractivity contribution in [2.24, 2.45) is 11.1 Å². The molecular weight excluding hydrogens is 166 g/mol. The molecule has 2 heteroatoms. The van der Waals surface area contributed by atoms with Gasteiger partial charge in [0, 0.05) is 11.4 Å². The molecular formula is C6H12BrN. The second-order valence-corrected chi connectivity index (χ2v) is 3.35. The van der Waals surface area contributed by atoms with E-state index in [4.69, 9.17) is 5.73 Å². The first kappa shape index (κ1) is 6.56. The molecule has 0 radical (unpaired) electrons. The first-order chi connectivity index (χ1) is 3.71. The van der Waals surface area contributed by atoms with Crippen molar-refractivity contribution in [2.45, 2.75) is 25.8 Å². The molecule has 1 fully saturated rings. The van der Waals surface area contributed by atoms with Gasteiger partial charge in [-0.3, -0.25) is 0 Å². The summed E-state index contributed by atoms with van der Waals surface area (Å²) in [5.74, 6) is 0. The minimum atomic E-state index is 0.377. The van der Waals surface area contributed by atoms with Crippen LogP contribution in [0.15, 0.2) is 0 Å². The Hall–Kier alpha value is 0.440. The highest BCUT2D eigenvalue weighted by molar-refractivity contribution is 9.09. The summed E-state index contributed by atoms with van der Waals surface area (Å²) >= 11 is 3.45. The van der Waals surface area contributed by atoms with Crippen molar-refractivity contribution in [2.75, 3.05) is 5.33 Å². The topological polar surface area (TPSA) is 26.0 Å². The molecule has 0 bridgehead atoms. The molecule has 1 aliphatic rings. The van der Waals surface area contributed by atoms with Crippen molar-refractivity contribution in [3.63, 3.8) is 0 Å². The van der Waals surface area contributed by atoms with Gasteiger partial charge in [-0.15, -0.1) is 0 Å². The van der Waals surface area contributed by atoms with Crippen LogP contribution in [0.3, 0.4) is 0 Å². The van der Waals surface area contributed by atoms with Crippen LogP contribution in [0.25, 0.3) is 0 Å². The lowest BCUT2D eigenvalue weighted by Gasteiger charge is -2.14. The fourth-order valence-corrected chi connectivity index (χ4v) is 1.94. The highest BCUT2D eigenvalue weighted by atomic mass is 79.9. The van der Waals surface area contributed by atoms with Crippen LogP contribution in [0, 0.1) is 5.41 Å². The molecule has 0 spiro atoms. The molecule has 0 aromatic heterocycles. The van der Waals surface area contributed by atoms with Gasteiger partial charge in [-0.05, 0) is 25.2 Å². The summed E-state index contributed by atoms with van der Waals surface area (Å²) in [5, 5.41) is 1.08. The average Bonchev–Trinajstić information content (AvgIpc) is 2.44. The van der Waals surface area contributed by atoms with E-state index in [0.717, 1.165) is 5.33 Å². The molecule has 0 saturated heterocycles. The van der Waals surface area contributed by atoms with E-state index in [-0.39, 0.29) is 0 Å². The van der Waals surface area contributed by atoms with Crippen LogP contribution in [0.4, 0.5) is 0 Å². The van der Waals surface area contributed by atoms with Crippen LogP contribution in [0.1, 0.15) is 19.8 Å². The lowest BCUT2D eigenvalue weighted by molar-refractivity contribution is 0.477. The Labute approximate surface area is 58.8 Å². The summed E-state index contributed by atoms with van der Waals surface area (Å²) in [4.78, 5) is 0. The van der Waals surface area contributed by atoms with Gasteiger partial charge < -0.3 is 5.73 Å². The zero-order valence-electron chi connectivity index (χ0n) is 5.15. The van der Waals surface area contributed by atoms with Gasteiger partial charge in [0.1, 0.15) is 0 Å². The van der Waals surface area contributed by atoms with E-state index in [9.17, 15) is 0 Å². The summed E-state index contributed by atoms with van der Waals surface area (Å²) in [6, 6.07) is 0.377. The monoisotopic (exact) mass is 177 g/mol. The van der Waals surface area contributed by atoms with Gasteiger partial charge in [-0.25, -0.2) is 0 Å². The molecule has 1 unspecified atom stereocenters. The molecule has 8 heavy (non-hydrogen) atoms. The van der Waals surface area contributed by atoms with Crippen LogP contribution >= 0.6 is 15.9 Å². The summed E-state index contributed by atoms with van der Waals surface area (Å²) in [6.07, 6.45) is 2.63. The number of alkyl halides is 1. The van der Waals surface area contributed by atoms with Crippen LogP contribution in [0.2, 0.25) is 0 Å². The van der Waals surface area contributed by atoms with E-state index in [1.807, 2.05) is 0 Å². The number of halogens is 1. The predicted octanol–water partition coefficient (Wildman–Crippen LogP) is 1.51. The molecule has 0 aromatic carbocycles. The summed E-state index contributed by atoms with van der Waals surface area (Å²) < 4.78 is 0. The van der Waals surface area contributed by atoms with Gasteiger partial charge in [0.05, 0.1) is 0 Å². The molecule has 0 heterocycles. The van der Waals surface area contributed by atoms with Gasteiger partial charge >= 0.3 is 0 Å². The molecule has 2 N–H and O–H groups in total. The van der Waals surface area contributed by atoms with E-state index in [1.165, 1.54) is 12.8 Å². The smallest absolute Gasteiger partial charge is 0.0103 e. The lowest BCUT2D eigenvalue weighted by atomic mass is 10.0. The Bertz CT molecular complexity index is 86.5. The lowest BCUT2D eigenvalue weighted by Crippen LogP contribution is -2.29. The highest BCUT2D eigenvalue weighted by Gasteiger charge is 2.44. The van der Waals surface area contributed by atoms with Gasteiger partial charge in [0.2, 0.25) is 0 Å². The van der Waals surface area contributed by atoms with E-state index >= 15 is 0 Å². The SMILES string of the molecule is CC(N)C1(CBr)CC1. The molecule has 1 aliphatic carbocycles. The summed E-state index contributed by atoms with van der Waals surface area (Å²) in [7, 11) is 0. The van der Waals surface area contributed by atoms with Crippen molar-refractivity contribution in [3.8, 4) is 0 Å². The number of nitrogens with two attached hydrogens (primary N) is 1. The maximum absolute atomic E-state index is 5.71. The Kier molecular flexibility index (Phi) is 1.63. The molecule has 48 valence electrons. The molecule has 0 aromatic rings. The van der Waals surface area contributed by atoms with Crippen LogP contribution in [-0.2, 0) is 0 Å². The van der Waals surface area contributed by atoms with Gasteiger partial charge in [0.25, 0.3) is 0 Å². The summed E-state index contributed by atoms with van der Waals surface area (Å²) in [6.45, 7) is 2.09. The molecule has 1 nitrogen and oxygen atoms in total. The van der Waals surface area contributed by atoms with Crippen LogP contribution < -0.4 is 5.73 Å². The van der Waals surface area contributed by atoms with Gasteiger partial charge in [-0.2, -0.15) is 0 Å². The molecule has 1 saturated carbocycles. The number of hydrogen-bond donors (Lipinski definition) is 1. The van der Waals surface area contributed by atoms with Gasteiger partial charge in [0.15, 0.2) is 0 Å². The fourth-order valence-electron chi connectivity index (χ4n) is 0.871. The third-order valence-corrected chi connectivity index (χ3v) is 3.24. The Morgan fingerprint density at radius 2 is 2.25 bits per heavy atom. The van der Waals surface area contributed by atoms with Crippen molar-refractivity contribution in [3.05, 3.63) is 0 Å². The zero-order chi connectivity index (χ0) is 6.20. The first-order valence-electron chi connectivity index (χ1n) is 3.03. The van der Waals surface area contributed by atoms with E-state index in [0.29, 0.717) is 11.5 Å². The van der Waals surface area contributed by atoms with E-state index in [1.54, 1.807) is 0 Å². The average molecular weight is 178 g/mol. The minimum absolute atomic E-state index is 0.377. The number of rotatable bonds is 2. The Morgan fingerprint density at radius 3 is 2.25 bits per heavy atom. The highest BCUT2D eigenvalue weighted by Crippen LogP contribution is 2.49. The third-order valence-electron chi connectivity index (χ3n) is 2.12. The maximum Gasteiger partial charge on any atom is 0.0103 e. The zero-order valence-corrected chi connectivity index (χ0v) is 6.74. The standard InChI is InChI=1S/C6H12BrN/c1-5(8)6(4-7)2-3-6/h5H,2-4,8H2,1H3. The first-order valence-corrected chi connectivity index (χ1v) is 4.15. The van der Waals surface area contributed by atoms with Crippen molar-refractivity contribution < 1.29 is 0 Å². The largest absolute Gasteiger partial charge is 0.327 e. The minimum Gasteiger partial charge on any atom is -0.327 e.